The smallest absolute Gasteiger partial charge is 0.0813 e. The minimum atomic E-state index is -0.394. The molecule has 2 rings (SSSR count). The van der Waals surface area contributed by atoms with Crippen LogP contribution in [0.2, 0.25) is 0 Å². The van der Waals surface area contributed by atoms with Crippen LogP contribution in [-0.2, 0) is 0 Å². The van der Waals surface area contributed by atoms with Crippen molar-refractivity contribution >= 4 is 10.9 Å². The third-order valence-corrected chi connectivity index (χ3v) is 2.60. The molecule has 1 aromatic carbocycles. The molecule has 1 heterocycles. The number of aliphatic hydroxyl groups excluding tert-OH is 1. The van der Waals surface area contributed by atoms with Crippen molar-refractivity contribution in [2.24, 2.45) is 5.92 Å². The predicted molar refractivity (Wildman–Crippen MR) is 61.5 cm³/mol. The number of benzene rings is 1. The standard InChI is InChI=1S/C13H15NO/c1-9(2)13(15)11-5-6-12-10(8-11)4-3-7-14-12/h3-9,13,15H,1-2H3. The van der Waals surface area contributed by atoms with Crippen LogP contribution < -0.4 is 0 Å². The van der Waals surface area contributed by atoms with Gasteiger partial charge < -0.3 is 5.11 Å². The Morgan fingerprint density at radius 2 is 2.00 bits per heavy atom. The molecule has 1 N–H and O–H groups in total. The number of fused-ring (bicyclic) bond motifs is 1. The molecule has 0 bridgehead atoms. The van der Waals surface area contributed by atoms with Crippen molar-refractivity contribution in [1.82, 2.24) is 4.98 Å². The van der Waals surface area contributed by atoms with E-state index in [9.17, 15) is 5.11 Å². The van der Waals surface area contributed by atoms with E-state index in [1.807, 2.05) is 44.2 Å². The van der Waals surface area contributed by atoms with Crippen molar-refractivity contribution < 1.29 is 5.11 Å². The summed E-state index contributed by atoms with van der Waals surface area (Å²) in [4.78, 5) is 4.24. The summed E-state index contributed by atoms with van der Waals surface area (Å²) in [6, 6.07) is 9.83. The van der Waals surface area contributed by atoms with Gasteiger partial charge in [0.15, 0.2) is 0 Å². The number of hydrogen-bond donors (Lipinski definition) is 1. The van der Waals surface area contributed by atoms with Gasteiger partial charge in [-0.25, -0.2) is 0 Å². The van der Waals surface area contributed by atoms with E-state index < -0.39 is 6.10 Å². The summed E-state index contributed by atoms with van der Waals surface area (Å²) < 4.78 is 0. The Bertz CT molecular complexity index is 465. The van der Waals surface area contributed by atoms with E-state index in [1.54, 1.807) is 6.20 Å². The number of aliphatic hydroxyl groups is 1. The number of rotatable bonds is 2. The van der Waals surface area contributed by atoms with Crippen LogP contribution in [-0.4, -0.2) is 10.1 Å². The van der Waals surface area contributed by atoms with E-state index in [0.717, 1.165) is 16.5 Å². The fraction of sp³-hybridized carbons (Fsp3) is 0.308. The fourth-order valence-electron chi connectivity index (χ4n) is 1.66. The summed E-state index contributed by atoms with van der Waals surface area (Å²) in [7, 11) is 0. The molecule has 78 valence electrons. The van der Waals surface area contributed by atoms with Gasteiger partial charge in [0.05, 0.1) is 11.6 Å². The zero-order valence-corrected chi connectivity index (χ0v) is 9.01. The second-order valence-electron chi connectivity index (χ2n) is 4.14. The maximum absolute atomic E-state index is 9.94. The van der Waals surface area contributed by atoms with Crippen molar-refractivity contribution in [1.29, 1.82) is 0 Å². The Kier molecular flexibility index (Phi) is 2.69. The number of nitrogens with zero attached hydrogens (tertiary/aromatic N) is 1. The van der Waals surface area contributed by atoms with Crippen LogP contribution in [0.15, 0.2) is 36.5 Å². The van der Waals surface area contributed by atoms with Crippen molar-refractivity contribution in [3.8, 4) is 0 Å². The Balaban J connectivity index is 2.47. The largest absolute Gasteiger partial charge is 0.388 e. The van der Waals surface area contributed by atoms with Crippen LogP contribution >= 0.6 is 0 Å². The predicted octanol–water partition coefficient (Wildman–Crippen LogP) is 2.92. The molecule has 0 spiro atoms. The third-order valence-electron chi connectivity index (χ3n) is 2.60. The van der Waals surface area contributed by atoms with E-state index in [1.165, 1.54) is 0 Å². The topological polar surface area (TPSA) is 33.1 Å². The molecular weight excluding hydrogens is 186 g/mol. The van der Waals surface area contributed by atoms with Crippen LogP contribution in [0.25, 0.3) is 10.9 Å². The molecule has 0 aliphatic rings. The van der Waals surface area contributed by atoms with Crippen molar-refractivity contribution in [3.05, 3.63) is 42.1 Å². The van der Waals surface area contributed by atoms with Gasteiger partial charge in [-0.2, -0.15) is 0 Å². The summed E-state index contributed by atoms with van der Waals surface area (Å²) >= 11 is 0. The molecule has 0 aliphatic carbocycles. The lowest BCUT2D eigenvalue weighted by molar-refractivity contribution is 0.127. The van der Waals surface area contributed by atoms with Gasteiger partial charge in [0.2, 0.25) is 0 Å². The van der Waals surface area contributed by atoms with Crippen LogP contribution in [0.3, 0.4) is 0 Å². The molecule has 1 unspecified atom stereocenters. The number of pyridine rings is 1. The summed E-state index contributed by atoms with van der Waals surface area (Å²) in [5.74, 6) is 0.235. The van der Waals surface area contributed by atoms with E-state index in [4.69, 9.17) is 0 Å². The van der Waals surface area contributed by atoms with Gasteiger partial charge in [-0.1, -0.05) is 26.0 Å². The zero-order chi connectivity index (χ0) is 10.8. The van der Waals surface area contributed by atoms with Crippen LogP contribution in [0.5, 0.6) is 0 Å². The Labute approximate surface area is 89.6 Å². The van der Waals surface area contributed by atoms with Crippen molar-refractivity contribution in [3.63, 3.8) is 0 Å². The molecule has 0 amide bonds. The van der Waals surface area contributed by atoms with E-state index in [2.05, 4.69) is 4.98 Å². The molecule has 0 saturated heterocycles. The lowest BCUT2D eigenvalue weighted by Crippen LogP contribution is -2.05. The minimum Gasteiger partial charge on any atom is -0.388 e. The molecule has 1 atom stereocenters. The summed E-state index contributed by atoms with van der Waals surface area (Å²) in [6.07, 6.45) is 1.38. The zero-order valence-electron chi connectivity index (χ0n) is 9.01. The number of hydrogen-bond acceptors (Lipinski definition) is 2. The van der Waals surface area contributed by atoms with Gasteiger partial charge in [0, 0.05) is 11.6 Å². The van der Waals surface area contributed by atoms with E-state index in [0.29, 0.717) is 0 Å². The van der Waals surface area contributed by atoms with Crippen LogP contribution in [0.4, 0.5) is 0 Å². The molecule has 0 radical (unpaired) electrons. The highest BCUT2D eigenvalue weighted by molar-refractivity contribution is 5.78. The molecule has 15 heavy (non-hydrogen) atoms. The average molecular weight is 201 g/mol. The van der Waals surface area contributed by atoms with Gasteiger partial charge >= 0.3 is 0 Å². The van der Waals surface area contributed by atoms with Gasteiger partial charge in [0.1, 0.15) is 0 Å². The summed E-state index contributed by atoms with van der Waals surface area (Å²) in [5, 5.41) is 11.0. The molecule has 2 aromatic rings. The molecule has 1 aromatic heterocycles. The van der Waals surface area contributed by atoms with Crippen molar-refractivity contribution in [2.75, 3.05) is 0 Å². The molecule has 2 nitrogen and oxygen atoms in total. The van der Waals surface area contributed by atoms with Crippen LogP contribution in [0.1, 0.15) is 25.5 Å². The SMILES string of the molecule is CC(C)C(O)c1ccc2ncccc2c1. The quantitative estimate of drug-likeness (QED) is 0.810. The second-order valence-corrected chi connectivity index (χ2v) is 4.14. The first-order valence-electron chi connectivity index (χ1n) is 5.21. The van der Waals surface area contributed by atoms with Gasteiger partial charge in [-0.3, -0.25) is 4.98 Å². The fourth-order valence-corrected chi connectivity index (χ4v) is 1.66. The molecule has 0 fully saturated rings. The highest BCUT2D eigenvalue weighted by Crippen LogP contribution is 2.24. The average Bonchev–Trinajstić information content (AvgIpc) is 2.27. The first-order chi connectivity index (χ1) is 7.18. The Hall–Kier alpha value is -1.41. The number of aromatic nitrogens is 1. The third kappa shape index (κ3) is 2.00. The first kappa shape index (κ1) is 10.1. The molecular formula is C13H15NO. The Morgan fingerprint density at radius 1 is 1.20 bits per heavy atom. The summed E-state index contributed by atoms with van der Waals surface area (Å²) in [6.45, 7) is 4.02. The normalized spacial score (nSPS) is 13.3. The second kappa shape index (κ2) is 3.99. The lowest BCUT2D eigenvalue weighted by atomic mass is 9.98. The van der Waals surface area contributed by atoms with Gasteiger partial charge in [0.25, 0.3) is 0 Å². The van der Waals surface area contributed by atoms with E-state index in [-0.39, 0.29) is 5.92 Å². The maximum atomic E-state index is 9.94. The molecule has 0 aliphatic heterocycles. The lowest BCUT2D eigenvalue weighted by Gasteiger charge is -2.15. The minimum absolute atomic E-state index is 0.235. The maximum Gasteiger partial charge on any atom is 0.0813 e. The summed E-state index contributed by atoms with van der Waals surface area (Å²) in [5.41, 5.74) is 1.93. The molecule has 0 saturated carbocycles. The molecule has 2 heteroatoms. The van der Waals surface area contributed by atoms with Crippen LogP contribution in [0, 0.1) is 5.92 Å². The first-order valence-corrected chi connectivity index (χ1v) is 5.21. The van der Waals surface area contributed by atoms with Gasteiger partial charge in [-0.15, -0.1) is 0 Å². The monoisotopic (exact) mass is 201 g/mol. The van der Waals surface area contributed by atoms with E-state index >= 15 is 0 Å². The Morgan fingerprint density at radius 3 is 2.73 bits per heavy atom. The van der Waals surface area contributed by atoms with Crippen molar-refractivity contribution in [2.45, 2.75) is 20.0 Å². The highest BCUT2D eigenvalue weighted by atomic mass is 16.3. The highest BCUT2D eigenvalue weighted by Gasteiger charge is 2.11. The van der Waals surface area contributed by atoms with Gasteiger partial charge in [-0.05, 0) is 29.7 Å².